The van der Waals surface area contributed by atoms with Crippen molar-refractivity contribution in [3.63, 3.8) is 0 Å². The van der Waals surface area contributed by atoms with E-state index in [1.54, 1.807) is 6.08 Å². The van der Waals surface area contributed by atoms with E-state index in [9.17, 15) is 34.5 Å². The number of aliphatic hydroxyl groups excluding tert-OH is 1. The van der Waals surface area contributed by atoms with E-state index in [0.717, 1.165) is 18.4 Å². The monoisotopic (exact) mass is 484 g/mol. The van der Waals surface area contributed by atoms with Crippen molar-refractivity contribution in [3.8, 4) is 0 Å². The van der Waals surface area contributed by atoms with Gasteiger partial charge in [-0.3, -0.25) is 14.4 Å². The number of carboxylic acid groups (broad SMARTS) is 1. The SMILES string of the molecule is C[C@]12CCC(=O)C=C1CC[C@@H]1[C@@H]2[C@@H](OC(=O)CCC(=O)[O-])C[C@@]2(C)[C@H]1CC[C@]2(O)C(=O)CO.[Na+]. The number of carboxylic acids is 1. The zero-order valence-corrected chi connectivity index (χ0v) is 22.3. The van der Waals surface area contributed by atoms with Crippen LogP contribution in [0.3, 0.4) is 0 Å². The van der Waals surface area contributed by atoms with Gasteiger partial charge in [0, 0.05) is 23.7 Å². The Morgan fingerprint density at radius 1 is 1.15 bits per heavy atom. The van der Waals surface area contributed by atoms with Crippen molar-refractivity contribution in [1.29, 1.82) is 0 Å². The summed E-state index contributed by atoms with van der Waals surface area (Å²) in [5.41, 5.74) is -1.86. The number of ketones is 2. The average Bonchev–Trinajstić information content (AvgIpc) is 3.03. The minimum atomic E-state index is -1.70. The fraction of sp³-hybridized carbons (Fsp3) is 0.760. The third-order valence-electron chi connectivity index (χ3n) is 9.45. The van der Waals surface area contributed by atoms with Crippen LogP contribution in [0.5, 0.6) is 0 Å². The van der Waals surface area contributed by atoms with Crippen LogP contribution >= 0.6 is 0 Å². The Kier molecular flexibility index (Phi) is 7.91. The Morgan fingerprint density at radius 3 is 2.50 bits per heavy atom. The summed E-state index contributed by atoms with van der Waals surface area (Å²) in [4.78, 5) is 48.2. The maximum atomic E-state index is 12.7. The molecule has 4 aliphatic carbocycles. The van der Waals surface area contributed by atoms with Crippen LogP contribution < -0.4 is 34.7 Å². The molecule has 0 aliphatic heterocycles. The van der Waals surface area contributed by atoms with Gasteiger partial charge in [-0.05, 0) is 68.3 Å². The van der Waals surface area contributed by atoms with Gasteiger partial charge in [0.2, 0.25) is 0 Å². The third-order valence-corrected chi connectivity index (χ3v) is 9.45. The summed E-state index contributed by atoms with van der Waals surface area (Å²) in [6.07, 6.45) is 4.06. The molecule has 0 bridgehead atoms. The van der Waals surface area contributed by atoms with Gasteiger partial charge in [-0.1, -0.05) is 19.4 Å². The first-order valence-corrected chi connectivity index (χ1v) is 12.0. The fourth-order valence-corrected chi connectivity index (χ4v) is 7.79. The molecule has 0 heterocycles. The molecule has 8 nitrogen and oxygen atoms in total. The smallest absolute Gasteiger partial charge is 0.550 e. The van der Waals surface area contributed by atoms with E-state index in [4.69, 9.17) is 4.74 Å². The molecule has 0 unspecified atom stereocenters. The van der Waals surface area contributed by atoms with E-state index >= 15 is 0 Å². The van der Waals surface area contributed by atoms with Crippen LogP contribution in [0.15, 0.2) is 11.6 Å². The summed E-state index contributed by atoms with van der Waals surface area (Å²) in [6, 6.07) is 0. The fourth-order valence-electron chi connectivity index (χ4n) is 7.79. The molecule has 0 spiro atoms. The molecule has 182 valence electrons. The van der Waals surface area contributed by atoms with Gasteiger partial charge in [-0.15, -0.1) is 0 Å². The van der Waals surface area contributed by atoms with E-state index in [2.05, 4.69) is 6.92 Å². The van der Waals surface area contributed by atoms with Gasteiger partial charge in [0.1, 0.15) is 18.3 Å². The van der Waals surface area contributed by atoms with Crippen LogP contribution in [0.4, 0.5) is 0 Å². The second kappa shape index (κ2) is 9.77. The third kappa shape index (κ3) is 4.23. The predicted molar refractivity (Wildman–Crippen MR) is 113 cm³/mol. The van der Waals surface area contributed by atoms with Crippen LogP contribution in [-0.2, 0) is 23.9 Å². The van der Waals surface area contributed by atoms with Gasteiger partial charge >= 0.3 is 35.5 Å². The summed E-state index contributed by atoms with van der Waals surface area (Å²) >= 11 is 0. The molecule has 3 saturated carbocycles. The zero-order chi connectivity index (χ0) is 24.2. The Hall–Kier alpha value is -1.06. The van der Waals surface area contributed by atoms with Crippen molar-refractivity contribution in [2.45, 2.75) is 83.3 Å². The molecule has 7 atom stereocenters. The molecule has 3 fully saturated rings. The largest absolute Gasteiger partial charge is 1.00 e. The number of ether oxygens (including phenoxy) is 1. The van der Waals surface area contributed by atoms with E-state index < -0.39 is 47.9 Å². The van der Waals surface area contributed by atoms with Gasteiger partial charge < -0.3 is 24.9 Å². The number of aliphatic hydroxyl groups is 2. The number of rotatable bonds is 6. The molecule has 4 rings (SSSR count). The zero-order valence-electron chi connectivity index (χ0n) is 20.3. The first-order chi connectivity index (χ1) is 15.5. The Bertz CT molecular complexity index is 915. The summed E-state index contributed by atoms with van der Waals surface area (Å²) in [6.45, 7) is 3.22. The minimum absolute atomic E-state index is 0. The van der Waals surface area contributed by atoms with Gasteiger partial charge in [-0.2, -0.15) is 0 Å². The van der Waals surface area contributed by atoms with Crippen molar-refractivity contribution in [1.82, 2.24) is 0 Å². The summed E-state index contributed by atoms with van der Waals surface area (Å²) in [5.74, 6) is -2.50. The van der Waals surface area contributed by atoms with Crippen molar-refractivity contribution in [2.24, 2.45) is 28.6 Å². The molecule has 0 amide bonds. The second-order valence-corrected chi connectivity index (χ2v) is 10.9. The molecule has 0 aromatic carbocycles. The number of allylic oxidation sites excluding steroid dienone is 1. The van der Waals surface area contributed by atoms with Gasteiger partial charge in [0.25, 0.3) is 0 Å². The molecular formula is C25H33NaO8. The number of hydrogen-bond acceptors (Lipinski definition) is 8. The maximum Gasteiger partial charge on any atom is 1.00 e. The topological polar surface area (TPSA) is 141 Å². The average molecular weight is 485 g/mol. The molecule has 0 radical (unpaired) electrons. The van der Waals surface area contributed by atoms with E-state index in [1.807, 2.05) is 6.92 Å². The number of carbonyl (C=O) groups excluding carboxylic acids is 4. The number of aliphatic carboxylic acids is 1. The van der Waals surface area contributed by atoms with Gasteiger partial charge in [-0.25, -0.2) is 0 Å². The number of hydrogen-bond donors (Lipinski definition) is 2. The standard InChI is InChI=1S/C25H34O8.Na/c1-23-9-7-15(27)11-14(23)3-4-16-17-8-10-25(32,19(28)13-26)24(17,2)12-18(22(16)23)33-21(31)6-5-20(29)30;/h11,16-18,22,26,32H,3-10,12-13H2,1-2H3,(H,29,30);/q;+1/p-1/t16-,17-,18-,22+,23-,24-,25-;/m0./s1. The van der Waals surface area contributed by atoms with Crippen LogP contribution in [0.1, 0.15) is 71.6 Å². The van der Waals surface area contributed by atoms with Crippen molar-refractivity contribution < 1.29 is 68.8 Å². The minimum Gasteiger partial charge on any atom is -0.550 e. The van der Waals surface area contributed by atoms with Crippen LogP contribution in [-0.4, -0.2) is 52.0 Å². The second-order valence-electron chi connectivity index (χ2n) is 10.9. The van der Waals surface area contributed by atoms with Crippen LogP contribution in [0, 0.1) is 28.6 Å². The molecular weight excluding hydrogens is 451 g/mol. The molecule has 2 N–H and O–H groups in total. The number of fused-ring (bicyclic) bond motifs is 5. The van der Waals surface area contributed by atoms with E-state index in [0.29, 0.717) is 19.3 Å². The number of carbonyl (C=O) groups is 4. The molecule has 0 aromatic rings. The van der Waals surface area contributed by atoms with Crippen molar-refractivity contribution in [2.75, 3.05) is 6.61 Å². The summed E-state index contributed by atoms with van der Waals surface area (Å²) in [5, 5.41) is 31.9. The maximum absolute atomic E-state index is 12.7. The first-order valence-electron chi connectivity index (χ1n) is 12.0. The summed E-state index contributed by atoms with van der Waals surface area (Å²) in [7, 11) is 0. The Balaban J connectivity index is 0.00000324. The first kappa shape index (κ1) is 27.5. The van der Waals surface area contributed by atoms with Crippen LogP contribution in [0.25, 0.3) is 0 Å². The molecule has 9 heteroatoms. The van der Waals surface area contributed by atoms with Gasteiger partial charge in [0.15, 0.2) is 11.6 Å². The molecule has 0 aromatic heterocycles. The molecule has 34 heavy (non-hydrogen) atoms. The predicted octanol–water partition coefficient (Wildman–Crippen LogP) is -2.13. The van der Waals surface area contributed by atoms with E-state index in [-0.39, 0.29) is 77.8 Å². The van der Waals surface area contributed by atoms with Crippen molar-refractivity contribution in [3.05, 3.63) is 11.6 Å². The van der Waals surface area contributed by atoms with Crippen LogP contribution in [0.2, 0.25) is 0 Å². The summed E-state index contributed by atoms with van der Waals surface area (Å²) < 4.78 is 5.91. The number of Topliss-reactive ketones (excluding diaryl/α,β-unsaturated/α-hetero) is 1. The van der Waals surface area contributed by atoms with E-state index in [1.165, 1.54) is 0 Å². The molecule has 4 aliphatic rings. The normalized spacial score (nSPS) is 40.7. The Morgan fingerprint density at radius 2 is 1.85 bits per heavy atom. The number of esters is 1. The Labute approximate surface area is 221 Å². The van der Waals surface area contributed by atoms with Gasteiger partial charge in [0.05, 0.1) is 6.42 Å². The van der Waals surface area contributed by atoms with Crippen molar-refractivity contribution >= 4 is 23.5 Å². The molecule has 0 saturated heterocycles. The quantitative estimate of drug-likeness (QED) is 0.322.